The van der Waals surface area contributed by atoms with Crippen LogP contribution < -0.4 is 10.9 Å². The summed E-state index contributed by atoms with van der Waals surface area (Å²) >= 11 is 0. The Bertz CT molecular complexity index is 1160. The van der Waals surface area contributed by atoms with Gasteiger partial charge < -0.3 is 10.1 Å². The molecule has 0 unspecified atom stereocenters. The number of ether oxygens (including phenoxy) is 1. The van der Waals surface area contributed by atoms with Crippen LogP contribution in [0.15, 0.2) is 53.3 Å². The van der Waals surface area contributed by atoms with E-state index in [0.29, 0.717) is 16.5 Å². The van der Waals surface area contributed by atoms with Gasteiger partial charge >= 0.3 is 5.97 Å². The largest absolute Gasteiger partial charge is 0.452 e. The summed E-state index contributed by atoms with van der Waals surface area (Å²) in [4.78, 5) is 46.7. The smallest absolute Gasteiger partial charge is 0.312 e. The quantitative estimate of drug-likeness (QED) is 0.368. The molecule has 0 fully saturated rings. The molecule has 0 aliphatic heterocycles. The van der Waals surface area contributed by atoms with Gasteiger partial charge in [-0.2, -0.15) is 5.10 Å². The lowest BCUT2D eigenvalue weighted by Crippen LogP contribution is -2.31. The molecule has 10 heteroatoms. The fraction of sp³-hybridized carbons (Fsp3) is 0.158. The Hall–Kier alpha value is -4.08. The summed E-state index contributed by atoms with van der Waals surface area (Å²) in [5.74, 6) is -1.45. The number of nitro groups is 1. The minimum atomic E-state index is -1.20. The average molecular weight is 396 g/mol. The number of para-hydroxylation sites is 2. The normalized spacial score (nSPS) is 11.6. The maximum atomic E-state index is 12.3. The molecule has 0 saturated heterocycles. The van der Waals surface area contributed by atoms with Crippen molar-refractivity contribution in [2.45, 2.75) is 19.4 Å². The van der Waals surface area contributed by atoms with Crippen molar-refractivity contribution in [3.63, 3.8) is 0 Å². The second-order valence-electron chi connectivity index (χ2n) is 6.12. The Balaban J connectivity index is 1.69. The molecule has 0 bridgehead atoms. The zero-order valence-electron chi connectivity index (χ0n) is 15.2. The monoisotopic (exact) mass is 396 g/mol. The highest BCUT2D eigenvalue weighted by molar-refractivity contribution is 5.97. The number of H-pyrrole nitrogens is 1. The van der Waals surface area contributed by atoms with Gasteiger partial charge in [-0.1, -0.05) is 30.3 Å². The number of fused-ring (bicyclic) bond motifs is 1. The first-order valence-corrected chi connectivity index (χ1v) is 8.57. The summed E-state index contributed by atoms with van der Waals surface area (Å²) in [5.41, 5.74) is -0.353. The number of hydrogen-bond acceptors (Lipinski definition) is 7. The summed E-state index contributed by atoms with van der Waals surface area (Å²) in [6.45, 7) is 1.35. The van der Waals surface area contributed by atoms with Crippen LogP contribution in [0.4, 0.5) is 11.4 Å². The van der Waals surface area contributed by atoms with Crippen LogP contribution in [-0.2, 0) is 20.7 Å². The number of aromatic amines is 1. The molecule has 1 aromatic heterocycles. The van der Waals surface area contributed by atoms with Crippen LogP contribution in [0.2, 0.25) is 0 Å². The number of benzene rings is 2. The maximum absolute atomic E-state index is 12.3. The number of hydrogen-bond donors (Lipinski definition) is 2. The highest BCUT2D eigenvalue weighted by Gasteiger charge is 2.22. The molecule has 0 aliphatic rings. The van der Waals surface area contributed by atoms with E-state index < -0.39 is 22.9 Å². The number of nitrogens with zero attached hydrogens (tertiary/aromatic N) is 2. The van der Waals surface area contributed by atoms with Gasteiger partial charge in [-0.15, -0.1) is 0 Å². The minimum absolute atomic E-state index is 0.00121. The molecule has 0 aliphatic carbocycles. The van der Waals surface area contributed by atoms with Gasteiger partial charge in [-0.3, -0.25) is 24.5 Å². The van der Waals surface area contributed by atoms with E-state index >= 15 is 0 Å². The Morgan fingerprint density at radius 3 is 2.55 bits per heavy atom. The van der Waals surface area contributed by atoms with E-state index in [-0.39, 0.29) is 23.4 Å². The third-order valence-electron chi connectivity index (χ3n) is 4.12. The van der Waals surface area contributed by atoms with Gasteiger partial charge in [-0.05, 0) is 19.1 Å². The van der Waals surface area contributed by atoms with Gasteiger partial charge in [0.05, 0.1) is 22.4 Å². The standard InChI is InChI=1S/C19H16N4O6/c1-11(18(25)20-14-8-4-5-9-16(14)23(27)28)29-17(24)10-15-12-6-2-3-7-13(12)19(26)22-21-15/h2-9,11H,10H2,1H3,(H,20,25)(H,22,26)/t11-/m0/s1. The van der Waals surface area contributed by atoms with Gasteiger partial charge in [0.15, 0.2) is 6.10 Å². The first kappa shape index (κ1) is 19.7. The third kappa shape index (κ3) is 4.43. The van der Waals surface area contributed by atoms with Crippen LogP contribution in [0.25, 0.3) is 10.8 Å². The molecule has 2 aromatic carbocycles. The third-order valence-corrected chi connectivity index (χ3v) is 4.12. The van der Waals surface area contributed by atoms with Crippen LogP contribution in [0.1, 0.15) is 12.6 Å². The average Bonchev–Trinajstić information content (AvgIpc) is 2.70. The molecule has 0 spiro atoms. The Morgan fingerprint density at radius 2 is 1.83 bits per heavy atom. The number of carbonyl (C=O) groups is 2. The van der Waals surface area contributed by atoms with Gasteiger partial charge in [-0.25, -0.2) is 5.10 Å². The van der Waals surface area contributed by atoms with E-state index in [1.165, 1.54) is 31.2 Å². The van der Waals surface area contributed by atoms with Crippen molar-refractivity contribution in [1.82, 2.24) is 10.2 Å². The zero-order chi connectivity index (χ0) is 21.0. The van der Waals surface area contributed by atoms with E-state index in [4.69, 9.17) is 4.74 Å². The molecular weight excluding hydrogens is 380 g/mol. The van der Waals surface area contributed by atoms with Crippen LogP contribution in [0.3, 0.4) is 0 Å². The van der Waals surface area contributed by atoms with Crippen molar-refractivity contribution in [2.24, 2.45) is 0 Å². The topological polar surface area (TPSA) is 144 Å². The lowest BCUT2D eigenvalue weighted by Gasteiger charge is -2.13. The van der Waals surface area contributed by atoms with Crippen molar-refractivity contribution in [2.75, 3.05) is 5.32 Å². The van der Waals surface area contributed by atoms with Gasteiger partial charge in [0.1, 0.15) is 5.69 Å². The lowest BCUT2D eigenvalue weighted by atomic mass is 10.1. The Morgan fingerprint density at radius 1 is 1.17 bits per heavy atom. The molecule has 3 rings (SSSR count). The first-order valence-electron chi connectivity index (χ1n) is 8.57. The van der Waals surface area contributed by atoms with Crippen LogP contribution in [0, 0.1) is 10.1 Å². The Kier molecular flexibility index (Phi) is 5.63. The molecule has 2 N–H and O–H groups in total. The lowest BCUT2D eigenvalue weighted by molar-refractivity contribution is -0.383. The van der Waals surface area contributed by atoms with Crippen LogP contribution >= 0.6 is 0 Å². The van der Waals surface area contributed by atoms with E-state index in [2.05, 4.69) is 15.5 Å². The number of nitrogens with one attached hydrogen (secondary N) is 2. The zero-order valence-corrected chi connectivity index (χ0v) is 15.2. The molecule has 29 heavy (non-hydrogen) atoms. The summed E-state index contributed by atoms with van der Waals surface area (Å²) in [6, 6.07) is 12.3. The number of aromatic nitrogens is 2. The van der Waals surface area contributed by atoms with Gasteiger partial charge in [0.2, 0.25) is 0 Å². The highest BCUT2D eigenvalue weighted by Crippen LogP contribution is 2.23. The van der Waals surface area contributed by atoms with Crippen molar-refractivity contribution in [3.05, 3.63) is 74.7 Å². The first-order chi connectivity index (χ1) is 13.9. The molecule has 1 atom stereocenters. The second-order valence-corrected chi connectivity index (χ2v) is 6.12. The Labute approximate surface area is 163 Å². The second kappa shape index (κ2) is 8.30. The fourth-order valence-electron chi connectivity index (χ4n) is 2.71. The van der Waals surface area contributed by atoms with Crippen LogP contribution in [-0.4, -0.2) is 33.1 Å². The molecule has 1 heterocycles. The molecule has 10 nitrogen and oxygen atoms in total. The number of rotatable bonds is 6. The van der Waals surface area contributed by atoms with E-state index in [1.807, 2.05) is 0 Å². The maximum Gasteiger partial charge on any atom is 0.312 e. The summed E-state index contributed by atoms with van der Waals surface area (Å²) in [6.07, 6.45) is -1.46. The molecule has 148 valence electrons. The van der Waals surface area contributed by atoms with Crippen molar-refractivity contribution < 1.29 is 19.2 Å². The summed E-state index contributed by atoms with van der Waals surface area (Å²) < 4.78 is 5.11. The molecule has 0 radical (unpaired) electrons. The number of esters is 1. The van der Waals surface area contributed by atoms with Crippen molar-refractivity contribution in [3.8, 4) is 0 Å². The predicted molar refractivity (Wildman–Crippen MR) is 103 cm³/mol. The van der Waals surface area contributed by atoms with E-state index in [9.17, 15) is 24.5 Å². The predicted octanol–water partition coefficient (Wildman–Crippen LogP) is 1.94. The van der Waals surface area contributed by atoms with Crippen LogP contribution in [0.5, 0.6) is 0 Å². The molecular formula is C19H16N4O6. The number of nitro benzene ring substituents is 1. The van der Waals surface area contributed by atoms with Gasteiger partial charge in [0, 0.05) is 11.5 Å². The SMILES string of the molecule is C[C@H](OC(=O)Cc1n[nH]c(=O)c2ccccc12)C(=O)Nc1ccccc1[N+](=O)[O-]. The number of amides is 1. The van der Waals surface area contributed by atoms with Crippen molar-refractivity contribution >= 4 is 34.0 Å². The molecule has 0 saturated carbocycles. The minimum Gasteiger partial charge on any atom is -0.452 e. The number of carbonyl (C=O) groups excluding carboxylic acids is 2. The fourth-order valence-corrected chi connectivity index (χ4v) is 2.71. The number of anilines is 1. The molecule has 1 amide bonds. The summed E-state index contributed by atoms with van der Waals surface area (Å²) in [5, 5.41) is 20.5. The van der Waals surface area contributed by atoms with E-state index in [0.717, 1.165) is 0 Å². The van der Waals surface area contributed by atoms with Crippen molar-refractivity contribution in [1.29, 1.82) is 0 Å². The molecule has 3 aromatic rings. The van der Waals surface area contributed by atoms with Gasteiger partial charge in [0.25, 0.3) is 17.2 Å². The highest BCUT2D eigenvalue weighted by atomic mass is 16.6. The van der Waals surface area contributed by atoms with E-state index in [1.54, 1.807) is 24.3 Å². The summed E-state index contributed by atoms with van der Waals surface area (Å²) in [7, 11) is 0.